The van der Waals surface area contributed by atoms with Gasteiger partial charge in [-0.2, -0.15) is 5.10 Å². The standard InChI is InChI=1S/C26H31N9O.3C4H4O4/c1-33-13-15-34(16-14-33)19-5-7-20(8-6-19)35-25-22(24(27)30-17-31-25)23(32-35)18-3-9-21(10-4-18)36-26-28-11-2-12-29-26;3*5-3(6)1-2-4(7)8/h2-4,9-12,17,19-20H,5-8,13-16H2,1H3,(H2,27,30,31);3*1-2H,(H,5,6)(H,7,8)/t19-,20+;;;. The van der Waals surface area contributed by atoms with Crippen molar-refractivity contribution in [3.8, 4) is 23.0 Å². The molecule has 4 aromatic rings. The molecule has 2 aliphatic rings. The van der Waals surface area contributed by atoms with Gasteiger partial charge in [0.25, 0.3) is 0 Å². The van der Waals surface area contributed by atoms with E-state index in [1.165, 1.54) is 32.3 Å². The molecule has 0 amide bonds. The topological polar surface area (TPSA) is 335 Å². The number of aliphatic carboxylic acids is 6. The number of carboxylic acids is 6. The second-order valence-electron chi connectivity index (χ2n) is 12.7. The van der Waals surface area contributed by atoms with Crippen molar-refractivity contribution in [3.63, 3.8) is 0 Å². The molecule has 1 saturated heterocycles. The van der Waals surface area contributed by atoms with E-state index in [1.807, 2.05) is 24.3 Å². The van der Waals surface area contributed by atoms with Gasteiger partial charge in [0.1, 0.15) is 23.6 Å². The molecule has 0 unspecified atom stereocenters. The molecule has 1 aliphatic carbocycles. The number of likely N-dealkylation sites (N-methyl/N-ethyl adjacent to an activating group) is 1. The lowest BCUT2D eigenvalue weighted by molar-refractivity contribution is -0.134. The predicted octanol–water partition coefficient (Wildman–Crippen LogP) is 2.52. The third-order valence-corrected chi connectivity index (χ3v) is 8.57. The minimum Gasteiger partial charge on any atom is -0.478 e. The Hall–Kier alpha value is -7.59. The van der Waals surface area contributed by atoms with Crippen LogP contribution in [-0.2, 0) is 28.8 Å². The number of carboxylic acid groups (broad SMARTS) is 6. The Labute approximate surface area is 341 Å². The fourth-order valence-electron chi connectivity index (χ4n) is 5.86. The van der Waals surface area contributed by atoms with Crippen molar-refractivity contribution in [2.75, 3.05) is 39.0 Å². The van der Waals surface area contributed by atoms with Crippen LogP contribution < -0.4 is 10.5 Å². The maximum absolute atomic E-state index is 9.55. The number of nitrogens with two attached hydrogens (primary N) is 1. The molecule has 8 N–H and O–H groups in total. The Bertz CT molecular complexity index is 2050. The first-order chi connectivity index (χ1) is 28.5. The number of nitrogen functional groups attached to an aromatic ring is 1. The third-order valence-electron chi connectivity index (χ3n) is 8.57. The van der Waals surface area contributed by atoms with Gasteiger partial charge in [-0.3, -0.25) is 4.90 Å². The molecule has 0 bridgehead atoms. The quantitative estimate of drug-likeness (QED) is 0.107. The summed E-state index contributed by atoms with van der Waals surface area (Å²) in [5.41, 5.74) is 8.88. The number of benzene rings is 1. The zero-order chi connectivity index (χ0) is 44.2. The summed E-state index contributed by atoms with van der Waals surface area (Å²) in [6, 6.07) is 10.7. The van der Waals surface area contributed by atoms with Crippen LogP contribution in [0.15, 0.2) is 85.5 Å². The zero-order valence-corrected chi connectivity index (χ0v) is 32.1. The van der Waals surface area contributed by atoms with E-state index in [1.54, 1.807) is 18.5 Å². The van der Waals surface area contributed by atoms with Crippen molar-refractivity contribution < 1.29 is 64.1 Å². The largest absolute Gasteiger partial charge is 0.478 e. The van der Waals surface area contributed by atoms with E-state index >= 15 is 0 Å². The van der Waals surface area contributed by atoms with Gasteiger partial charge >= 0.3 is 41.8 Å². The monoisotopic (exact) mass is 833 g/mol. The fourth-order valence-corrected chi connectivity index (χ4v) is 5.86. The number of carbonyl (C=O) groups is 6. The minimum absolute atomic E-state index is 0.303. The molecule has 0 spiro atoms. The highest BCUT2D eigenvalue weighted by atomic mass is 16.5. The van der Waals surface area contributed by atoms with Crippen LogP contribution in [0.4, 0.5) is 5.82 Å². The molecular formula is C38H43N9O13. The second-order valence-corrected chi connectivity index (χ2v) is 12.7. The molecule has 4 heterocycles. The number of hydrogen-bond donors (Lipinski definition) is 7. The fraction of sp³-hybridized carbons (Fsp3) is 0.289. The number of nitrogens with zero attached hydrogens (tertiary/aromatic N) is 8. The van der Waals surface area contributed by atoms with Crippen LogP contribution >= 0.6 is 0 Å². The van der Waals surface area contributed by atoms with Crippen molar-refractivity contribution >= 4 is 52.7 Å². The van der Waals surface area contributed by atoms with Crippen molar-refractivity contribution in [1.82, 2.24) is 39.5 Å². The van der Waals surface area contributed by atoms with Gasteiger partial charge in [0, 0.05) is 86.6 Å². The van der Waals surface area contributed by atoms with Crippen molar-refractivity contribution in [2.24, 2.45) is 0 Å². The smallest absolute Gasteiger partial charge is 0.328 e. The Balaban J connectivity index is 0.000000327. The highest BCUT2D eigenvalue weighted by Gasteiger charge is 2.30. The van der Waals surface area contributed by atoms with Gasteiger partial charge in [-0.05, 0) is 63.1 Å². The lowest BCUT2D eigenvalue weighted by Gasteiger charge is -2.41. The number of anilines is 1. The average molecular weight is 834 g/mol. The van der Waals surface area contributed by atoms with E-state index in [0.29, 0.717) is 66.1 Å². The van der Waals surface area contributed by atoms with E-state index in [4.69, 9.17) is 46.2 Å². The summed E-state index contributed by atoms with van der Waals surface area (Å²) < 4.78 is 7.83. The summed E-state index contributed by atoms with van der Waals surface area (Å²) in [5.74, 6) is -6.44. The van der Waals surface area contributed by atoms with Crippen LogP contribution in [0, 0.1) is 0 Å². The summed E-state index contributed by atoms with van der Waals surface area (Å²) >= 11 is 0. The van der Waals surface area contributed by atoms with Crippen molar-refractivity contribution in [3.05, 3.63) is 85.5 Å². The number of fused-ring (bicyclic) bond motifs is 1. The number of aromatic nitrogens is 6. The summed E-state index contributed by atoms with van der Waals surface area (Å²) in [6.45, 7) is 4.65. The van der Waals surface area contributed by atoms with E-state index in [-0.39, 0.29) is 0 Å². The van der Waals surface area contributed by atoms with Crippen LogP contribution in [0.2, 0.25) is 0 Å². The summed E-state index contributed by atoms with van der Waals surface area (Å²) in [4.78, 5) is 79.5. The molecule has 22 heteroatoms. The molecule has 1 aromatic carbocycles. The molecule has 60 heavy (non-hydrogen) atoms. The highest BCUT2D eigenvalue weighted by molar-refractivity contribution is 5.98. The molecule has 6 rings (SSSR count). The van der Waals surface area contributed by atoms with E-state index in [2.05, 4.69) is 41.5 Å². The zero-order valence-electron chi connectivity index (χ0n) is 32.1. The van der Waals surface area contributed by atoms with Gasteiger partial charge in [0.15, 0.2) is 5.65 Å². The van der Waals surface area contributed by atoms with Crippen molar-refractivity contribution in [2.45, 2.75) is 37.8 Å². The minimum atomic E-state index is -1.26. The van der Waals surface area contributed by atoms with E-state index in [9.17, 15) is 28.8 Å². The first kappa shape index (κ1) is 46.8. The van der Waals surface area contributed by atoms with E-state index < -0.39 is 35.8 Å². The van der Waals surface area contributed by atoms with Gasteiger partial charge in [-0.25, -0.2) is 53.4 Å². The van der Waals surface area contributed by atoms with Crippen LogP contribution in [0.5, 0.6) is 11.8 Å². The Kier molecular flexibility index (Phi) is 18.4. The van der Waals surface area contributed by atoms with Crippen LogP contribution in [0.25, 0.3) is 22.3 Å². The van der Waals surface area contributed by atoms with Gasteiger partial charge < -0.3 is 46.0 Å². The summed E-state index contributed by atoms with van der Waals surface area (Å²) in [6.07, 6.45) is 12.7. The third kappa shape index (κ3) is 16.1. The predicted molar refractivity (Wildman–Crippen MR) is 211 cm³/mol. The molecule has 318 valence electrons. The molecule has 0 atom stereocenters. The SMILES string of the molecule is CN1CCN([C@H]2CC[C@@H](n3nc(-c4ccc(Oc5ncccn5)cc4)c4c(N)ncnc43)CC2)CC1.O=C(O)C=CC(=O)O.O=C(O)C=CC(=O)O.O=C(O)C=CC(=O)O. The molecule has 2 fully saturated rings. The lowest BCUT2D eigenvalue weighted by Crippen LogP contribution is -2.49. The highest BCUT2D eigenvalue weighted by Crippen LogP contribution is 2.37. The molecule has 3 aromatic heterocycles. The van der Waals surface area contributed by atoms with Crippen LogP contribution in [-0.4, -0.2) is 145 Å². The maximum atomic E-state index is 9.55. The molecular weight excluding hydrogens is 790 g/mol. The molecule has 0 radical (unpaired) electrons. The van der Waals surface area contributed by atoms with Gasteiger partial charge in [0.05, 0.1) is 11.4 Å². The number of rotatable bonds is 11. The van der Waals surface area contributed by atoms with Crippen LogP contribution in [0.3, 0.4) is 0 Å². The number of piperazine rings is 1. The normalized spacial score (nSPS) is 16.8. The average Bonchev–Trinajstić information content (AvgIpc) is 3.61. The first-order valence-corrected chi connectivity index (χ1v) is 17.9. The first-order valence-electron chi connectivity index (χ1n) is 17.9. The summed E-state index contributed by atoms with van der Waals surface area (Å²) in [7, 11) is 2.21. The molecule has 1 aliphatic heterocycles. The maximum Gasteiger partial charge on any atom is 0.328 e. The summed E-state index contributed by atoms with van der Waals surface area (Å²) in [5, 5.41) is 52.7. The van der Waals surface area contributed by atoms with E-state index in [0.717, 1.165) is 48.2 Å². The van der Waals surface area contributed by atoms with Gasteiger partial charge in [-0.15, -0.1) is 0 Å². The Morgan fingerprint density at radius 2 is 1.10 bits per heavy atom. The Morgan fingerprint density at radius 1 is 0.650 bits per heavy atom. The lowest BCUT2D eigenvalue weighted by atomic mass is 9.90. The van der Waals surface area contributed by atoms with Gasteiger partial charge in [0.2, 0.25) is 0 Å². The van der Waals surface area contributed by atoms with Crippen LogP contribution in [0.1, 0.15) is 31.7 Å². The van der Waals surface area contributed by atoms with Gasteiger partial charge in [-0.1, -0.05) is 0 Å². The number of hydrogen-bond acceptors (Lipinski definition) is 15. The molecule has 22 nitrogen and oxygen atoms in total. The number of ether oxygens (including phenoxy) is 1. The van der Waals surface area contributed by atoms with Crippen molar-refractivity contribution in [1.29, 1.82) is 0 Å². The molecule has 1 saturated carbocycles. The second kappa shape index (κ2) is 23.6. The Morgan fingerprint density at radius 3 is 1.55 bits per heavy atom.